The Bertz CT molecular complexity index is 1490. The Morgan fingerprint density at radius 3 is 2.35 bits per heavy atom. The molecule has 0 spiro atoms. The number of aromatic hydroxyl groups is 1. The highest BCUT2D eigenvalue weighted by molar-refractivity contribution is 6.32. The smallest absolute Gasteiger partial charge is 0.237 e. The molecule has 4 aliphatic carbocycles. The summed E-state index contributed by atoms with van der Waals surface area (Å²) in [4.78, 5) is 82.2. The van der Waals surface area contributed by atoms with Gasteiger partial charge in [-0.1, -0.05) is 12.8 Å². The van der Waals surface area contributed by atoms with E-state index in [0.29, 0.717) is 0 Å². The second-order valence-corrected chi connectivity index (χ2v) is 12.9. The van der Waals surface area contributed by atoms with Crippen molar-refractivity contribution in [2.45, 2.75) is 69.3 Å². The number of hydrogen-bond acceptors (Lipinski definition) is 10. The van der Waals surface area contributed by atoms with Crippen molar-refractivity contribution >= 4 is 34.9 Å². The zero-order valence-corrected chi connectivity index (χ0v) is 24.0. The number of ketones is 4. The Morgan fingerprint density at radius 2 is 1.72 bits per heavy atom. The molecule has 0 aromatic heterocycles. The molecule has 2 amide bonds. The number of carbonyl (C=O) groups is 6. The molecule has 1 aromatic rings. The minimum atomic E-state index is -2.85. The zero-order chi connectivity index (χ0) is 31.1. The molecule has 12 nitrogen and oxygen atoms in total. The number of phenols is 1. The summed E-state index contributed by atoms with van der Waals surface area (Å²) < 4.78 is 16.1. The average molecular weight is 599 g/mol. The lowest BCUT2D eigenvalue weighted by Crippen LogP contribution is -2.74. The van der Waals surface area contributed by atoms with Crippen LogP contribution in [0, 0.1) is 29.5 Å². The molecule has 3 saturated carbocycles. The van der Waals surface area contributed by atoms with Gasteiger partial charge >= 0.3 is 0 Å². The summed E-state index contributed by atoms with van der Waals surface area (Å²) in [6, 6.07) is -0.992. The number of aliphatic hydroxyl groups is 1. The number of likely N-dealkylation sites (N-methyl/N-ethyl adjacent to an activating group) is 1. The first kappa shape index (κ1) is 29.5. The molecule has 1 aliphatic heterocycles. The lowest BCUT2D eigenvalue weighted by Gasteiger charge is -2.52. The first-order chi connectivity index (χ1) is 20.3. The summed E-state index contributed by atoms with van der Waals surface area (Å²) in [6.07, 6.45) is 3.80. The summed E-state index contributed by atoms with van der Waals surface area (Å²) in [5.41, 5.74) is 2.18. The van der Waals surface area contributed by atoms with Gasteiger partial charge in [0.05, 0.1) is 30.6 Å². The van der Waals surface area contributed by atoms with Crippen LogP contribution in [0.4, 0.5) is 4.39 Å². The Labute approximate surface area is 246 Å². The largest absolute Gasteiger partial charge is 0.507 e. The number of primary amides is 1. The number of nitrogens with two attached hydrogens (primary N) is 1. The molecule has 2 unspecified atom stereocenters. The molecule has 1 aromatic carbocycles. The van der Waals surface area contributed by atoms with Crippen molar-refractivity contribution in [3.63, 3.8) is 0 Å². The van der Waals surface area contributed by atoms with Crippen LogP contribution in [-0.4, -0.2) is 93.3 Å². The quantitative estimate of drug-likeness (QED) is 0.318. The number of rotatable bonds is 5. The van der Waals surface area contributed by atoms with E-state index in [1.165, 1.54) is 23.9 Å². The summed E-state index contributed by atoms with van der Waals surface area (Å²) in [5, 5.41) is 26.1. The second-order valence-electron chi connectivity index (χ2n) is 12.9. The maximum atomic E-state index is 16.1. The first-order valence-corrected chi connectivity index (χ1v) is 14.7. The maximum Gasteiger partial charge on any atom is 0.237 e. The van der Waals surface area contributed by atoms with Crippen molar-refractivity contribution in [3.8, 4) is 5.75 Å². The van der Waals surface area contributed by atoms with E-state index in [2.05, 4.69) is 5.32 Å². The van der Waals surface area contributed by atoms with Gasteiger partial charge in [-0.15, -0.1) is 0 Å². The summed E-state index contributed by atoms with van der Waals surface area (Å²) in [7, 11) is 2.98. The lowest BCUT2D eigenvalue weighted by atomic mass is 9.52. The molecule has 6 atom stereocenters. The monoisotopic (exact) mass is 598 g/mol. The Morgan fingerprint density at radius 1 is 1.07 bits per heavy atom. The third-order valence-electron chi connectivity index (χ3n) is 10.3. The highest BCUT2D eigenvalue weighted by atomic mass is 19.1. The van der Waals surface area contributed by atoms with Gasteiger partial charge in [-0.2, -0.15) is 0 Å². The van der Waals surface area contributed by atoms with Gasteiger partial charge in [0, 0.05) is 35.2 Å². The number of halogens is 1. The van der Waals surface area contributed by atoms with E-state index in [-0.39, 0.29) is 61.1 Å². The fourth-order valence-electron chi connectivity index (χ4n) is 8.22. The third kappa shape index (κ3) is 4.19. The Hall–Kier alpha value is -3.55. The number of fused-ring (bicyclic) bond motifs is 4. The van der Waals surface area contributed by atoms with Crippen LogP contribution in [0.2, 0.25) is 0 Å². The fourth-order valence-corrected chi connectivity index (χ4v) is 8.22. The molecule has 0 saturated heterocycles. The lowest BCUT2D eigenvalue weighted by molar-refractivity contribution is -0.181. The predicted molar refractivity (Wildman–Crippen MR) is 146 cm³/mol. The molecule has 0 bridgehead atoms. The molecule has 0 radical (unpaired) electrons. The van der Waals surface area contributed by atoms with Gasteiger partial charge in [-0.25, -0.2) is 4.39 Å². The molecule has 3 fully saturated rings. The predicted octanol–water partition coefficient (Wildman–Crippen LogP) is -0.619. The highest BCUT2D eigenvalue weighted by Crippen LogP contribution is 2.52. The second kappa shape index (κ2) is 10.3. The molecule has 6 rings (SSSR count). The zero-order valence-electron chi connectivity index (χ0n) is 24.0. The first-order valence-electron chi connectivity index (χ1n) is 14.7. The molecular formula is C30H35FN4O8. The van der Waals surface area contributed by atoms with Gasteiger partial charge in [0.15, 0.2) is 34.7 Å². The highest BCUT2D eigenvalue weighted by Gasteiger charge is 2.69. The summed E-state index contributed by atoms with van der Waals surface area (Å²) in [6.45, 7) is -0.148. The van der Waals surface area contributed by atoms with Crippen molar-refractivity contribution in [2.75, 3.05) is 20.6 Å². The van der Waals surface area contributed by atoms with Crippen molar-refractivity contribution in [2.24, 2.45) is 29.4 Å². The number of nitrogens with zero attached hydrogens (tertiary/aromatic N) is 2. The van der Waals surface area contributed by atoms with Crippen molar-refractivity contribution in [3.05, 3.63) is 28.1 Å². The van der Waals surface area contributed by atoms with E-state index < -0.39 is 81.5 Å². The van der Waals surface area contributed by atoms with Crippen LogP contribution >= 0.6 is 0 Å². The summed E-state index contributed by atoms with van der Waals surface area (Å²) >= 11 is 0. The van der Waals surface area contributed by atoms with Gasteiger partial charge in [0.25, 0.3) is 0 Å². The SMILES string of the molecule is CN(C)[C@@H]1C(=O)C(C(N)=O)C(=O)[C@@]2(O)C(=O)C3C(=O)c4c(O)c5c(c(F)c4C[C@H]3C[C@@H]12)CN(C(=O)CNC1CCCC1)C5. The summed E-state index contributed by atoms with van der Waals surface area (Å²) in [5.74, 6) is -13.0. The van der Waals surface area contributed by atoms with E-state index in [1.807, 2.05) is 0 Å². The molecule has 13 heteroatoms. The number of carbonyl (C=O) groups excluding carboxylic acids is 6. The van der Waals surface area contributed by atoms with E-state index in [9.17, 15) is 39.0 Å². The topological polar surface area (TPSA) is 187 Å². The standard InChI is InChI=1S/C30H35FN4O8/c1-34(2)23-17-8-12-7-14-20(25(38)19(12)27(40)30(17,43)28(41)21(26(23)39)29(32)42)24(37)16-11-35(10-15(16)22(14)31)18(36)9-33-13-5-3-4-6-13/h12-13,17,19,21,23,33,37,43H,3-11H2,1-2H3,(H2,32,42)/t12-,17-,19?,21?,23-,30-/m0/s1. The minimum Gasteiger partial charge on any atom is -0.507 e. The van der Waals surface area contributed by atoms with E-state index in [1.54, 1.807) is 0 Å². The molecule has 5 aliphatic rings. The van der Waals surface area contributed by atoms with Crippen LogP contribution in [0.15, 0.2) is 0 Å². The minimum absolute atomic E-state index is 0.0599. The van der Waals surface area contributed by atoms with Gasteiger partial charge in [0.1, 0.15) is 11.6 Å². The van der Waals surface area contributed by atoms with Gasteiger partial charge in [0.2, 0.25) is 11.8 Å². The van der Waals surface area contributed by atoms with Crippen LogP contribution in [0.5, 0.6) is 5.75 Å². The number of benzene rings is 1. The number of amides is 2. The van der Waals surface area contributed by atoms with Crippen LogP contribution in [0.3, 0.4) is 0 Å². The van der Waals surface area contributed by atoms with Crippen LogP contribution < -0.4 is 11.1 Å². The van der Waals surface area contributed by atoms with Crippen molar-refractivity contribution in [1.29, 1.82) is 0 Å². The average Bonchev–Trinajstić information content (AvgIpc) is 3.63. The van der Waals surface area contributed by atoms with Crippen molar-refractivity contribution in [1.82, 2.24) is 15.1 Å². The number of hydrogen-bond donors (Lipinski definition) is 4. The fraction of sp³-hybridized carbons (Fsp3) is 0.600. The van der Waals surface area contributed by atoms with E-state index in [0.717, 1.165) is 25.7 Å². The van der Waals surface area contributed by atoms with Gasteiger partial charge in [-0.3, -0.25) is 33.7 Å². The molecule has 5 N–H and O–H groups in total. The number of nitrogens with one attached hydrogen (secondary N) is 1. The molecule has 43 heavy (non-hydrogen) atoms. The third-order valence-corrected chi connectivity index (χ3v) is 10.3. The number of phenolic OH excluding ortho intramolecular Hbond substituents is 1. The van der Waals surface area contributed by atoms with E-state index in [4.69, 9.17) is 5.73 Å². The van der Waals surface area contributed by atoms with E-state index >= 15 is 4.39 Å². The van der Waals surface area contributed by atoms with Crippen LogP contribution in [0.25, 0.3) is 0 Å². The van der Waals surface area contributed by atoms with Crippen LogP contribution in [-0.2, 0) is 43.5 Å². The van der Waals surface area contributed by atoms with Gasteiger partial charge in [-0.05, 0) is 45.7 Å². The Balaban J connectivity index is 1.34. The molecule has 230 valence electrons. The molecule has 1 heterocycles. The normalized spacial score (nSPS) is 32.1. The van der Waals surface area contributed by atoms with Gasteiger partial charge < -0.3 is 26.2 Å². The molecular weight excluding hydrogens is 563 g/mol. The van der Waals surface area contributed by atoms with Crippen molar-refractivity contribution < 1.29 is 43.4 Å². The van der Waals surface area contributed by atoms with Crippen LogP contribution in [0.1, 0.15) is 59.2 Å². The maximum absolute atomic E-state index is 16.1. The number of Topliss-reactive ketones (excluding diaryl/α,β-unsaturated/α-hetero) is 4. The Kier molecular flexibility index (Phi) is 7.05.